The molecule has 19 aliphatic heterocycles. The van der Waals surface area contributed by atoms with E-state index in [1.54, 1.807) is 0 Å². The first-order chi connectivity index (χ1) is 35.9. The van der Waals surface area contributed by atoms with Gasteiger partial charge >= 0.3 is 0 Å². The fourth-order valence-electron chi connectivity index (χ4n) is 9.88. The molecule has 0 amide bonds. The molecular formula is C43H67NO31. The third-order valence-electron chi connectivity index (χ3n) is 14.1. The zero-order valence-corrected chi connectivity index (χ0v) is 39.5. The van der Waals surface area contributed by atoms with Crippen LogP contribution < -0.4 is 0 Å². The van der Waals surface area contributed by atoms with E-state index in [-0.39, 0.29) is 18.0 Å². The minimum atomic E-state index is -2.17. The van der Waals surface area contributed by atoms with Crippen molar-refractivity contribution in [1.29, 1.82) is 0 Å². The largest absolute Gasteiger partial charge is 0.394 e. The lowest BCUT2D eigenvalue weighted by atomic mass is 9.95. The number of hydrogen-bond donors (Lipinski definition) is 18. The van der Waals surface area contributed by atoms with Gasteiger partial charge in [0.15, 0.2) is 37.7 Å². The number of ether oxygens (including phenoxy) is 13. The molecule has 32 heteroatoms. The number of aromatic nitrogens is 1. The number of nitrogens with zero attached hydrogens (tertiary/aromatic N) is 1. The molecule has 6 saturated heterocycles. The van der Waals surface area contributed by atoms with E-state index in [4.69, 9.17) is 61.6 Å². The molecule has 1 aromatic heterocycles. The fourth-order valence-corrected chi connectivity index (χ4v) is 9.88. The van der Waals surface area contributed by atoms with Crippen LogP contribution >= 0.6 is 0 Å². The number of hydrogen-bond acceptors (Lipinski definition) is 32. The van der Waals surface area contributed by atoms with E-state index in [1.807, 2.05) is 0 Å². The van der Waals surface area contributed by atoms with Gasteiger partial charge in [0, 0.05) is 0 Å². The van der Waals surface area contributed by atoms with Gasteiger partial charge in [-0.2, -0.15) is 0 Å². The van der Waals surface area contributed by atoms with Crippen molar-refractivity contribution in [1.82, 2.24) is 4.98 Å². The first-order valence-electron chi connectivity index (χ1n) is 24.1. The molecule has 0 radical (unpaired) electrons. The molecule has 20 heterocycles. The van der Waals surface area contributed by atoms with Gasteiger partial charge in [-0.15, -0.1) is 0 Å². The molecule has 6 fully saturated rings. The Morgan fingerprint density at radius 1 is 0.293 bits per heavy atom. The van der Waals surface area contributed by atoms with E-state index < -0.39 is 230 Å². The van der Waals surface area contributed by atoms with Gasteiger partial charge in [0.2, 0.25) is 0 Å². The van der Waals surface area contributed by atoms with Gasteiger partial charge in [-0.05, 0) is 12.1 Å². The van der Waals surface area contributed by atoms with Crippen molar-refractivity contribution >= 4 is 0 Å². The molecule has 0 unspecified atom stereocenters. The van der Waals surface area contributed by atoms with Gasteiger partial charge < -0.3 is 153 Å². The summed E-state index contributed by atoms with van der Waals surface area (Å²) in [5.74, 6) is 0. The third kappa shape index (κ3) is 12.2. The molecule has 19 aliphatic rings. The number of aliphatic hydroxyl groups is 18. The quantitative estimate of drug-likeness (QED) is 0.126. The third-order valence-corrected chi connectivity index (χ3v) is 14.1. The lowest BCUT2D eigenvalue weighted by Crippen LogP contribution is -2.68. The summed E-state index contributed by atoms with van der Waals surface area (Å²) in [4.78, 5) is 4.40. The Morgan fingerprint density at radius 3 is 0.800 bits per heavy atom. The van der Waals surface area contributed by atoms with E-state index in [0.717, 1.165) is 0 Å². The highest BCUT2D eigenvalue weighted by Crippen LogP contribution is 2.37. The second-order valence-corrected chi connectivity index (χ2v) is 19.0. The van der Waals surface area contributed by atoms with Crippen molar-refractivity contribution in [3.8, 4) is 0 Å². The van der Waals surface area contributed by atoms with Crippen molar-refractivity contribution in [2.45, 2.75) is 197 Å². The van der Waals surface area contributed by atoms with Crippen LogP contribution in [-0.2, 0) is 74.8 Å². The molecule has 75 heavy (non-hydrogen) atoms. The minimum Gasteiger partial charge on any atom is -0.394 e. The maximum Gasteiger partial charge on any atom is 0.187 e. The summed E-state index contributed by atoms with van der Waals surface area (Å²) in [6, 6.07) is 4.53. The lowest BCUT2D eigenvalue weighted by Gasteiger charge is -2.50. The van der Waals surface area contributed by atoms with Crippen LogP contribution in [0.25, 0.3) is 0 Å². The summed E-state index contributed by atoms with van der Waals surface area (Å²) in [7, 11) is 0. The van der Waals surface area contributed by atoms with Crippen LogP contribution in [0, 0.1) is 0 Å². The van der Waals surface area contributed by atoms with Crippen LogP contribution in [0.5, 0.6) is 0 Å². The van der Waals surface area contributed by atoms with Gasteiger partial charge in [0.05, 0.1) is 64.2 Å². The molecule has 0 spiro atoms. The van der Waals surface area contributed by atoms with Crippen LogP contribution in [0.3, 0.4) is 0 Å². The zero-order valence-electron chi connectivity index (χ0n) is 39.5. The standard InChI is InChI=1S/C43H67NO31/c45-4-14-32-20(51)27(58)39(66-14)72-34-16(6-47)68-41(29(60)22(34)53)74-36-18(8-49)70-43(31(62)24(36)55)75-37-19(9-50)69-42(30(61)25(37)56)73-35-17(7-48)67-40(28(59)23(35)54)71-33-15(5-46)65-38(26(57)21(33)52)64-11-13-3-1-2-12(44-13)10-63-32/h1-3,14-43,45-62H,4-11H2/t14-,15-,16-,17-,18-,19-,20-,21-,22-,23-,24-,25-,26-,27-,28-,29-,30-,31-,32-,33-,34-,35-,36-,37-,38+,39-,40-,41-,42-,43-/m1/s1. The molecule has 14 bridgehead atoms. The van der Waals surface area contributed by atoms with Crippen LogP contribution in [-0.4, -0.2) is 321 Å². The topological polar surface area (TPSA) is 497 Å². The Kier molecular flexibility index (Phi) is 20.1. The summed E-state index contributed by atoms with van der Waals surface area (Å²) in [5.41, 5.74) is 0.396. The Morgan fingerprint density at radius 2 is 0.520 bits per heavy atom. The Labute approximate surface area is 424 Å². The van der Waals surface area contributed by atoms with Crippen molar-refractivity contribution in [3.63, 3.8) is 0 Å². The summed E-state index contributed by atoms with van der Waals surface area (Å²) in [6.45, 7) is -6.46. The molecule has 430 valence electrons. The Bertz CT molecular complexity index is 1920. The molecule has 0 saturated carbocycles. The molecular weight excluding hydrogens is 1030 g/mol. The highest BCUT2D eigenvalue weighted by atomic mass is 16.8. The average Bonchev–Trinajstić information content (AvgIpc) is 3.41. The van der Waals surface area contributed by atoms with Gasteiger partial charge in [-0.3, -0.25) is 4.98 Å². The van der Waals surface area contributed by atoms with E-state index in [1.165, 1.54) is 18.2 Å². The Balaban J connectivity index is 1.05. The van der Waals surface area contributed by atoms with Crippen molar-refractivity contribution in [2.75, 3.05) is 39.6 Å². The molecule has 30 atom stereocenters. The predicted molar refractivity (Wildman–Crippen MR) is 229 cm³/mol. The molecule has 32 nitrogen and oxygen atoms in total. The monoisotopic (exact) mass is 1090 g/mol. The smallest absolute Gasteiger partial charge is 0.187 e. The number of pyridine rings is 1. The molecule has 0 aromatic carbocycles. The molecule has 20 rings (SSSR count). The average molecular weight is 1090 g/mol. The van der Waals surface area contributed by atoms with E-state index in [9.17, 15) is 91.9 Å². The van der Waals surface area contributed by atoms with E-state index >= 15 is 0 Å². The number of aliphatic hydroxyl groups excluding tert-OH is 18. The zero-order chi connectivity index (χ0) is 54.2. The van der Waals surface area contributed by atoms with Gasteiger partial charge in [0.25, 0.3) is 0 Å². The van der Waals surface area contributed by atoms with Crippen molar-refractivity contribution in [2.24, 2.45) is 0 Å². The van der Waals surface area contributed by atoms with Crippen LogP contribution in [0.2, 0.25) is 0 Å². The summed E-state index contributed by atoms with van der Waals surface area (Å²) >= 11 is 0. The molecule has 18 N–H and O–H groups in total. The SMILES string of the molecule is OC[C@H]1O[C@@H]2O[C@H]3[C@H](O)[C@@H](O)[C@@H](O[C@H]4[C@H](O)[C@@H](O)[C@@H](O[C@H]5[C@H](O)[C@@H](O)[C@@H](O[C@H]6[C@H](O)[C@@H](O)[C@@H](O[C@H]7[C@H](O)[C@@H](O)[C@@H](OCc8cccc(n8)CO[C@H]1[C@H](O)[C@H]2O)O[C@@H]7CO)O[C@@H]6CO)O[C@@H]5CO)O[C@@H]4CO)O[C@@H]3CO. The predicted octanol–water partition coefficient (Wildman–Crippen LogP) is -11.9. The first-order valence-corrected chi connectivity index (χ1v) is 24.1. The van der Waals surface area contributed by atoms with E-state index in [2.05, 4.69) is 4.98 Å². The highest BCUT2D eigenvalue weighted by Gasteiger charge is 2.58. The maximum absolute atomic E-state index is 11.3. The highest BCUT2D eigenvalue weighted by molar-refractivity contribution is 5.11. The summed E-state index contributed by atoms with van der Waals surface area (Å²) in [5, 5.41) is 197. The first kappa shape index (κ1) is 59.0. The Hall–Kier alpha value is -2.09. The van der Waals surface area contributed by atoms with Crippen LogP contribution in [0.15, 0.2) is 18.2 Å². The summed E-state index contributed by atoms with van der Waals surface area (Å²) in [6.07, 6.45) is -56.2. The van der Waals surface area contributed by atoms with Crippen LogP contribution in [0.4, 0.5) is 0 Å². The van der Waals surface area contributed by atoms with Gasteiger partial charge in [0.1, 0.15) is 146 Å². The van der Waals surface area contributed by atoms with Crippen molar-refractivity contribution < 1.29 is 153 Å². The number of rotatable bonds is 6. The van der Waals surface area contributed by atoms with Crippen molar-refractivity contribution in [3.05, 3.63) is 29.6 Å². The van der Waals surface area contributed by atoms with Crippen LogP contribution in [0.1, 0.15) is 11.4 Å². The molecule has 1 aromatic rings. The second kappa shape index (κ2) is 25.6. The second-order valence-electron chi connectivity index (χ2n) is 19.0. The van der Waals surface area contributed by atoms with Gasteiger partial charge in [-0.1, -0.05) is 6.07 Å². The van der Waals surface area contributed by atoms with Gasteiger partial charge in [-0.25, -0.2) is 0 Å². The lowest BCUT2D eigenvalue weighted by molar-refractivity contribution is -0.396. The minimum absolute atomic E-state index is 0.195. The summed E-state index contributed by atoms with van der Waals surface area (Å²) < 4.78 is 74.4. The van der Waals surface area contributed by atoms with E-state index in [0.29, 0.717) is 0 Å². The normalized spacial score (nSPS) is 50.6. The molecule has 0 aliphatic carbocycles. The maximum atomic E-state index is 11.3. The fraction of sp³-hybridized carbons (Fsp3) is 0.884.